The van der Waals surface area contributed by atoms with Crippen LogP contribution in [0.5, 0.6) is 0 Å². The number of nitro groups is 1. The molecule has 3 rings (SSSR count). The van der Waals surface area contributed by atoms with E-state index in [0.29, 0.717) is 44.4 Å². The van der Waals surface area contributed by atoms with E-state index in [-0.39, 0.29) is 16.7 Å². The van der Waals surface area contributed by atoms with Gasteiger partial charge in [0, 0.05) is 32.2 Å². The molecule has 1 aromatic carbocycles. The molecule has 0 bridgehead atoms. The normalized spacial score (nSPS) is 24.7. The molecule has 2 aliphatic rings. The van der Waals surface area contributed by atoms with Crippen LogP contribution >= 0.6 is 0 Å². The summed E-state index contributed by atoms with van der Waals surface area (Å²) < 4.78 is 33.0. The molecule has 2 heterocycles. The number of hydrogen-bond acceptors (Lipinski definition) is 6. The summed E-state index contributed by atoms with van der Waals surface area (Å²) in [6.45, 7) is 6.57. The highest BCUT2D eigenvalue weighted by Gasteiger charge is 2.32. The number of benzene rings is 1. The molecule has 0 unspecified atom stereocenters. The van der Waals surface area contributed by atoms with E-state index in [0.717, 1.165) is 19.3 Å². The number of ether oxygens (including phenoxy) is 1. The number of hydrogen-bond donors (Lipinski definition) is 0. The molecule has 0 aliphatic carbocycles. The molecule has 2 saturated heterocycles. The number of sulfonamides is 1. The average Bonchev–Trinajstić information content (AvgIpc) is 2.67. The van der Waals surface area contributed by atoms with E-state index in [1.807, 2.05) is 18.7 Å². The molecule has 27 heavy (non-hydrogen) atoms. The molecule has 9 heteroatoms. The smallest absolute Gasteiger partial charge is 0.293 e. The molecule has 2 atom stereocenters. The Morgan fingerprint density at radius 1 is 1.30 bits per heavy atom. The van der Waals surface area contributed by atoms with Gasteiger partial charge in [0.25, 0.3) is 5.69 Å². The molecule has 8 nitrogen and oxygen atoms in total. The third kappa shape index (κ3) is 4.25. The SMILES string of the molecule is CC[C@@H]1CN(c2ccc(S(=O)(=O)N3CCC[C@@H](C)C3)cc2[N+](=O)[O-])CCO1. The zero-order valence-electron chi connectivity index (χ0n) is 15.8. The second-order valence-electron chi connectivity index (χ2n) is 7.37. The van der Waals surface area contributed by atoms with E-state index < -0.39 is 14.9 Å². The minimum absolute atomic E-state index is 0.00708. The number of nitro benzene ring substituents is 1. The van der Waals surface area contributed by atoms with Gasteiger partial charge in [-0.05, 0) is 37.3 Å². The highest BCUT2D eigenvalue weighted by Crippen LogP contribution is 2.34. The Labute approximate surface area is 160 Å². The Morgan fingerprint density at radius 2 is 2.07 bits per heavy atom. The predicted molar refractivity (Wildman–Crippen MR) is 102 cm³/mol. The Morgan fingerprint density at radius 3 is 2.74 bits per heavy atom. The molecule has 0 radical (unpaired) electrons. The lowest BCUT2D eigenvalue weighted by molar-refractivity contribution is -0.384. The quantitative estimate of drug-likeness (QED) is 0.560. The fourth-order valence-electron chi connectivity index (χ4n) is 3.78. The van der Waals surface area contributed by atoms with Crippen molar-refractivity contribution in [2.45, 2.75) is 44.1 Å². The van der Waals surface area contributed by atoms with Crippen molar-refractivity contribution >= 4 is 21.4 Å². The first-order valence-electron chi connectivity index (χ1n) is 9.48. The largest absolute Gasteiger partial charge is 0.375 e. The van der Waals surface area contributed by atoms with Gasteiger partial charge in [-0.3, -0.25) is 10.1 Å². The Hall–Kier alpha value is -1.71. The van der Waals surface area contributed by atoms with E-state index in [1.165, 1.54) is 16.4 Å². The van der Waals surface area contributed by atoms with Crippen LogP contribution in [0.3, 0.4) is 0 Å². The molecule has 2 fully saturated rings. The third-order valence-electron chi connectivity index (χ3n) is 5.34. The highest BCUT2D eigenvalue weighted by atomic mass is 32.2. The van der Waals surface area contributed by atoms with Gasteiger partial charge >= 0.3 is 0 Å². The number of rotatable bonds is 5. The Bertz CT molecular complexity index is 798. The molecule has 150 valence electrons. The Balaban J connectivity index is 1.92. The summed E-state index contributed by atoms with van der Waals surface area (Å²) in [4.78, 5) is 13.1. The van der Waals surface area contributed by atoms with Gasteiger partial charge < -0.3 is 9.64 Å². The molecule has 0 aromatic heterocycles. The summed E-state index contributed by atoms with van der Waals surface area (Å²) >= 11 is 0. The number of anilines is 1. The lowest BCUT2D eigenvalue weighted by atomic mass is 10.0. The first-order chi connectivity index (χ1) is 12.8. The number of morpholine rings is 1. The van der Waals surface area contributed by atoms with Crippen molar-refractivity contribution in [3.63, 3.8) is 0 Å². The van der Waals surface area contributed by atoms with Gasteiger partial charge in [0.2, 0.25) is 10.0 Å². The van der Waals surface area contributed by atoms with Crippen LogP contribution in [0.2, 0.25) is 0 Å². The Kier molecular flexibility index (Phi) is 6.02. The fraction of sp³-hybridized carbons (Fsp3) is 0.667. The maximum atomic E-state index is 13.0. The standard InChI is InChI=1S/C18H27N3O5S/c1-3-15-13-19(9-10-26-15)17-7-6-16(11-18(17)21(22)23)27(24,25)20-8-4-5-14(2)12-20/h6-7,11,14-15H,3-5,8-10,12-13H2,1-2H3/t14-,15-/m1/s1. The monoisotopic (exact) mass is 397 g/mol. The van der Waals surface area contributed by atoms with Crippen molar-refractivity contribution in [1.29, 1.82) is 0 Å². The molecule has 2 aliphatic heterocycles. The van der Waals surface area contributed by atoms with E-state index in [9.17, 15) is 18.5 Å². The van der Waals surface area contributed by atoms with Gasteiger partial charge in [0.15, 0.2) is 0 Å². The average molecular weight is 397 g/mol. The lowest BCUT2D eigenvalue weighted by Gasteiger charge is -2.34. The molecule has 0 saturated carbocycles. The van der Waals surface area contributed by atoms with Crippen LogP contribution in [0.4, 0.5) is 11.4 Å². The summed E-state index contributed by atoms with van der Waals surface area (Å²) in [7, 11) is -3.73. The summed E-state index contributed by atoms with van der Waals surface area (Å²) in [5.74, 6) is 0.294. The fourth-order valence-corrected chi connectivity index (χ4v) is 5.40. The lowest BCUT2D eigenvalue weighted by Crippen LogP contribution is -2.42. The molecule has 1 aromatic rings. The third-order valence-corrected chi connectivity index (χ3v) is 7.20. The second-order valence-corrected chi connectivity index (χ2v) is 9.30. The first kappa shape index (κ1) is 20.0. The molecular weight excluding hydrogens is 370 g/mol. The molecular formula is C18H27N3O5S. The van der Waals surface area contributed by atoms with Crippen LogP contribution < -0.4 is 4.90 Å². The van der Waals surface area contributed by atoms with E-state index >= 15 is 0 Å². The van der Waals surface area contributed by atoms with Crippen molar-refractivity contribution in [2.24, 2.45) is 5.92 Å². The van der Waals surface area contributed by atoms with Gasteiger partial charge in [-0.1, -0.05) is 13.8 Å². The highest BCUT2D eigenvalue weighted by molar-refractivity contribution is 7.89. The van der Waals surface area contributed by atoms with Crippen LogP contribution in [-0.4, -0.2) is 56.5 Å². The van der Waals surface area contributed by atoms with E-state index in [2.05, 4.69) is 0 Å². The van der Waals surface area contributed by atoms with Crippen molar-refractivity contribution in [3.05, 3.63) is 28.3 Å². The molecule has 0 N–H and O–H groups in total. The van der Waals surface area contributed by atoms with Gasteiger partial charge in [0.05, 0.1) is 22.5 Å². The van der Waals surface area contributed by atoms with Gasteiger partial charge in [0.1, 0.15) is 5.69 Å². The zero-order valence-corrected chi connectivity index (χ0v) is 16.7. The van der Waals surface area contributed by atoms with Gasteiger partial charge in [-0.2, -0.15) is 4.31 Å². The van der Waals surface area contributed by atoms with Crippen molar-refractivity contribution < 1.29 is 18.1 Å². The van der Waals surface area contributed by atoms with Crippen LogP contribution in [-0.2, 0) is 14.8 Å². The number of piperidine rings is 1. The summed E-state index contributed by atoms with van der Waals surface area (Å²) in [6, 6.07) is 4.27. The van der Waals surface area contributed by atoms with Crippen molar-refractivity contribution in [2.75, 3.05) is 37.7 Å². The summed E-state index contributed by atoms with van der Waals surface area (Å²) in [6.07, 6.45) is 2.66. The number of nitrogens with zero attached hydrogens (tertiary/aromatic N) is 3. The van der Waals surface area contributed by atoms with Gasteiger partial charge in [-0.15, -0.1) is 0 Å². The van der Waals surface area contributed by atoms with Crippen LogP contribution in [0, 0.1) is 16.0 Å². The van der Waals surface area contributed by atoms with Gasteiger partial charge in [-0.25, -0.2) is 8.42 Å². The van der Waals surface area contributed by atoms with Crippen LogP contribution in [0.15, 0.2) is 23.1 Å². The second kappa shape index (κ2) is 8.12. The van der Waals surface area contributed by atoms with Crippen molar-refractivity contribution in [3.8, 4) is 0 Å². The molecule has 0 amide bonds. The van der Waals surface area contributed by atoms with Crippen LogP contribution in [0.25, 0.3) is 0 Å². The maximum Gasteiger partial charge on any atom is 0.293 e. The maximum absolute atomic E-state index is 13.0. The zero-order chi connectivity index (χ0) is 19.6. The minimum Gasteiger partial charge on any atom is -0.375 e. The molecule has 0 spiro atoms. The van der Waals surface area contributed by atoms with Crippen LogP contribution in [0.1, 0.15) is 33.1 Å². The predicted octanol–water partition coefficient (Wildman–Crippen LogP) is 2.63. The summed E-state index contributed by atoms with van der Waals surface area (Å²) in [5.41, 5.74) is 0.283. The van der Waals surface area contributed by atoms with E-state index in [4.69, 9.17) is 4.74 Å². The minimum atomic E-state index is -3.73. The van der Waals surface area contributed by atoms with E-state index in [1.54, 1.807) is 6.07 Å². The topological polar surface area (TPSA) is 93.0 Å². The van der Waals surface area contributed by atoms with Crippen molar-refractivity contribution in [1.82, 2.24) is 4.31 Å². The first-order valence-corrected chi connectivity index (χ1v) is 10.9. The summed E-state index contributed by atoms with van der Waals surface area (Å²) in [5, 5.41) is 11.7.